The molecular weight excluding hydrogens is 172 g/mol. The first-order chi connectivity index (χ1) is 5.52. The van der Waals surface area contributed by atoms with Crippen LogP contribution in [0.1, 0.15) is 40.0 Å². The second-order valence-electron chi connectivity index (χ2n) is 3.58. The van der Waals surface area contributed by atoms with Crippen LogP contribution in [-0.2, 0) is 4.79 Å². The largest absolute Gasteiger partial charge is 0.276 e. The van der Waals surface area contributed by atoms with E-state index < -0.39 is 0 Å². The molecule has 0 aromatic heterocycles. The van der Waals surface area contributed by atoms with Crippen molar-refractivity contribution in [3.05, 3.63) is 11.6 Å². The molecule has 2 heteroatoms. The van der Waals surface area contributed by atoms with Crippen molar-refractivity contribution in [3.8, 4) is 0 Å². The van der Waals surface area contributed by atoms with Gasteiger partial charge in [-0.1, -0.05) is 25.8 Å². The molecule has 0 aliphatic carbocycles. The van der Waals surface area contributed by atoms with Gasteiger partial charge in [0.2, 0.25) is 5.24 Å². The topological polar surface area (TPSA) is 17.1 Å². The van der Waals surface area contributed by atoms with Gasteiger partial charge in [0, 0.05) is 0 Å². The van der Waals surface area contributed by atoms with Gasteiger partial charge in [0.25, 0.3) is 0 Å². The van der Waals surface area contributed by atoms with Crippen molar-refractivity contribution < 1.29 is 4.79 Å². The van der Waals surface area contributed by atoms with Crippen molar-refractivity contribution in [1.29, 1.82) is 0 Å². The molecule has 0 aromatic carbocycles. The van der Waals surface area contributed by atoms with Gasteiger partial charge in [-0.05, 0) is 43.4 Å². The lowest BCUT2D eigenvalue weighted by molar-refractivity contribution is -0.107. The smallest absolute Gasteiger partial charge is 0.245 e. The van der Waals surface area contributed by atoms with E-state index in [-0.39, 0.29) is 5.24 Å². The molecule has 0 aliphatic heterocycles. The maximum Gasteiger partial charge on any atom is 0.245 e. The van der Waals surface area contributed by atoms with Crippen LogP contribution in [0.25, 0.3) is 0 Å². The Morgan fingerprint density at radius 1 is 1.50 bits per heavy atom. The van der Waals surface area contributed by atoms with E-state index >= 15 is 0 Å². The van der Waals surface area contributed by atoms with Gasteiger partial charge < -0.3 is 0 Å². The van der Waals surface area contributed by atoms with Crippen LogP contribution in [0.2, 0.25) is 0 Å². The zero-order chi connectivity index (χ0) is 9.56. The quantitative estimate of drug-likeness (QED) is 0.477. The highest BCUT2D eigenvalue weighted by atomic mass is 35.5. The molecule has 0 saturated heterocycles. The average Bonchev–Trinajstić information content (AvgIpc) is 1.84. The second kappa shape index (κ2) is 6.24. The fraction of sp³-hybridized carbons (Fsp3) is 0.700. The van der Waals surface area contributed by atoms with Crippen LogP contribution in [0.5, 0.6) is 0 Å². The molecule has 0 rings (SSSR count). The Hall–Kier alpha value is -0.300. The highest BCUT2D eigenvalue weighted by Crippen LogP contribution is 2.11. The summed E-state index contributed by atoms with van der Waals surface area (Å²) in [5, 5.41) is -0.364. The van der Waals surface area contributed by atoms with E-state index in [9.17, 15) is 4.79 Å². The normalized spacial score (nSPS) is 12.2. The first-order valence-corrected chi connectivity index (χ1v) is 4.76. The third-order valence-corrected chi connectivity index (χ3v) is 1.82. The Bertz CT molecular complexity index is 171. The molecule has 0 unspecified atom stereocenters. The predicted octanol–water partition coefficient (Wildman–Crippen LogP) is 3.52. The van der Waals surface area contributed by atoms with E-state index in [1.165, 1.54) is 12.5 Å². The summed E-state index contributed by atoms with van der Waals surface area (Å²) < 4.78 is 0. The molecular formula is C10H17ClO. The summed E-state index contributed by atoms with van der Waals surface area (Å²) in [6, 6.07) is 0. The predicted molar refractivity (Wildman–Crippen MR) is 53.3 cm³/mol. The minimum atomic E-state index is -0.364. The number of carbonyl (C=O) groups is 1. The molecule has 0 radical (unpaired) electrons. The minimum absolute atomic E-state index is 0.364. The number of rotatable bonds is 5. The zero-order valence-corrected chi connectivity index (χ0v) is 8.82. The van der Waals surface area contributed by atoms with E-state index in [0.29, 0.717) is 0 Å². The van der Waals surface area contributed by atoms with Gasteiger partial charge in [-0.25, -0.2) is 0 Å². The van der Waals surface area contributed by atoms with Crippen molar-refractivity contribution in [2.45, 2.75) is 40.0 Å². The molecule has 0 aromatic rings. The van der Waals surface area contributed by atoms with Crippen molar-refractivity contribution in [1.82, 2.24) is 0 Å². The van der Waals surface area contributed by atoms with Crippen molar-refractivity contribution in [2.24, 2.45) is 5.92 Å². The van der Waals surface area contributed by atoms with Crippen molar-refractivity contribution >= 4 is 16.8 Å². The van der Waals surface area contributed by atoms with Gasteiger partial charge in [-0.15, -0.1) is 0 Å². The lowest BCUT2D eigenvalue weighted by Crippen LogP contribution is -1.88. The van der Waals surface area contributed by atoms with Gasteiger partial charge in [0.1, 0.15) is 0 Å². The van der Waals surface area contributed by atoms with Gasteiger partial charge in [0.15, 0.2) is 0 Å². The molecule has 1 nitrogen and oxygen atoms in total. The molecule has 0 spiro atoms. The van der Waals surface area contributed by atoms with Gasteiger partial charge in [0.05, 0.1) is 0 Å². The molecule has 0 bridgehead atoms. The monoisotopic (exact) mass is 188 g/mol. The number of halogens is 1. The molecule has 0 atom stereocenters. The molecule has 70 valence electrons. The summed E-state index contributed by atoms with van der Waals surface area (Å²) in [4.78, 5) is 10.4. The SMILES string of the molecule is CC(=CC(=O)Cl)CCCC(C)C. The van der Waals surface area contributed by atoms with E-state index in [1.54, 1.807) is 0 Å². The lowest BCUT2D eigenvalue weighted by Gasteiger charge is -2.03. The molecule has 0 fully saturated rings. The fourth-order valence-electron chi connectivity index (χ4n) is 1.06. The van der Waals surface area contributed by atoms with E-state index in [4.69, 9.17) is 11.6 Å². The second-order valence-corrected chi connectivity index (χ2v) is 3.95. The van der Waals surface area contributed by atoms with Crippen LogP contribution in [0.4, 0.5) is 0 Å². The van der Waals surface area contributed by atoms with Crippen LogP contribution in [0.15, 0.2) is 11.6 Å². The molecule has 0 saturated carbocycles. The summed E-state index contributed by atoms with van der Waals surface area (Å²) in [6.07, 6.45) is 4.84. The summed E-state index contributed by atoms with van der Waals surface area (Å²) >= 11 is 5.20. The number of carbonyl (C=O) groups excluding carboxylic acids is 1. The number of hydrogen-bond acceptors (Lipinski definition) is 1. The first kappa shape index (κ1) is 11.7. The highest BCUT2D eigenvalue weighted by Gasteiger charge is 1.96. The van der Waals surface area contributed by atoms with E-state index in [1.807, 2.05) is 6.92 Å². The third-order valence-electron chi connectivity index (χ3n) is 1.71. The van der Waals surface area contributed by atoms with Crippen LogP contribution >= 0.6 is 11.6 Å². The van der Waals surface area contributed by atoms with Gasteiger partial charge >= 0.3 is 0 Å². The Balaban J connectivity index is 3.57. The summed E-state index contributed by atoms with van der Waals surface area (Å²) in [5.41, 5.74) is 1.08. The standard InChI is InChI=1S/C10H17ClO/c1-8(2)5-4-6-9(3)7-10(11)12/h7-8H,4-6H2,1-3H3. The Morgan fingerprint density at radius 3 is 2.50 bits per heavy atom. The third kappa shape index (κ3) is 7.80. The minimum Gasteiger partial charge on any atom is -0.276 e. The Morgan fingerprint density at radius 2 is 2.08 bits per heavy atom. The number of hydrogen-bond donors (Lipinski definition) is 0. The van der Waals surface area contributed by atoms with Crippen LogP contribution in [-0.4, -0.2) is 5.24 Å². The van der Waals surface area contributed by atoms with Gasteiger partial charge in [-0.2, -0.15) is 0 Å². The molecule has 0 amide bonds. The highest BCUT2D eigenvalue weighted by molar-refractivity contribution is 6.66. The van der Waals surface area contributed by atoms with E-state index in [0.717, 1.165) is 24.3 Å². The fourth-order valence-corrected chi connectivity index (χ4v) is 1.24. The van der Waals surface area contributed by atoms with Crippen LogP contribution in [0.3, 0.4) is 0 Å². The summed E-state index contributed by atoms with van der Waals surface area (Å²) in [5.74, 6) is 0.740. The molecule has 0 heterocycles. The summed E-state index contributed by atoms with van der Waals surface area (Å²) in [7, 11) is 0. The lowest BCUT2D eigenvalue weighted by atomic mass is 10.0. The Labute approximate surface area is 79.8 Å². The van der Waals surface area contributed by atoms with Crippen LogP contribution in [0, 0.1) is 5.92 Å². The Kier molecular flexibility index (Phi) is 6.09. The molecule has 12 heavy (non-hydrogen) atoms. The molecule has 0 N–H and O–H groups in total. The molecule has 0 aliphatic rings. The van der Waals surface area contributed by atoms with Crippen LogP contribution < -0.4 is 0 Å². The maximum absolute atomic E-state index is 10.4. The number of allylic oxidation sites excluding steroid dienone is 2. The summed E-state index contributed by atoms with van der Waals surface area (Å²) in [6.45, 7) is 6.35. The van der Waals surface area contributed by atoms with E-state index in [2.05, 4.69) is 13.8 Å². The average molecular weight is 189 g/mol. The van der Waals surface area contributed by atoms with Crippen molar-refractivity contribution in [2.75, 3.05) is 0 Å². The van der Waals surface area contributed by atoms with Crippen molar-refractivity contribution in [3.63, 3.8) is 0 Å². The first-order valence-electron chi connectivity index (χ1n) is 4.39. The van der Waals surface area contributed by atoms with Gasteiger partial charge in [-0.3, -0.25) is 4.79 Å². The zero-order valence-electron chi connectivity index (χ0n) is 8.06. The maximum atomic E-state index is 10.4.